The molecule has 2 aliphatic rings. The second-order valence-corrected chi connectivity index (χ2v) is 17.2. The first kappa shape index (κ1) is 33.8. The first-order chi connectivity index (χ1) is 23.9. The van der Waals surface area contributed by atoms with Crippen LogP contribution in [0.3, 0.4) is 0 Å². The molecule has 244 valence electrons. The van der Waals surface area contributed by atoms with Crippen molar-refractivity contribution >= 4 is 20.2 Å². The monoisotopic (exact) mass is 750 g/mol. The quantitative estimate of drug-likeness (QED) is 0.152. The van der Waals surface area contributed by atoms with Gasteiger partial charge < -0.3 is 10.2 Å². The average molecular weight is 752 g/mol. The van der Waals surface area contributed by atoms with E-state index in [1.54, 1.807) is 0 Å². The number of phenols is 2. The normalized spacial score (nSPS) is 16.2. The molecule has 0 saturated carbocycles. The van der Waals surface area contributed by atoms with E-state index in [9.17, 15) is 10.2 Å². The summed E-state index contributed by atoms with van der Waals surface area (Å²) in [6, 6.07) is 47.0. The van der Waals surface area contributed by atoms with E-state index in [0.29, 0.717) is 23.2 Å². The number of phenolic OH excluding ortho intramolecular Hbond substituents is 2. The van der Waals surface area contributed by atoms with Crippen LogP contribution in [0.25, 0.3) is 12.2 Å². The Labute approximate surface area is 311 Å². The molecule has 2 nitrogen and oxygen atoms in total. The maximum absolute atomic E-state index is 15.1. The number of aromatic hydroxyl groups is 2. The molecular weight excluding hydrogens is 718 g/mol. The Bertz CT molecular complexity index is 2090. The van der Waals surface area contributed by atoms with Gasteiger partial charge in [-0.3, -0.25) is 0 Å². The molecule has 2 unspecified atom stereocenters. The molecule has 6 heteroatoms. The van der Waals surface area contributed by atoms with Gasteiger partial charge in [-0.15, -0.1) is 0 Å². The minimum absolute atomic E-state index is 0. The predicted molar refractivity (Wildman–Crippen MR) is 195 cm³/mol. The number of allylic oxidation sites excluding steroid dienone is 2. The molecule has 0 aromatic heterocycles. The molecule has 6 aromatic rings. The van der Waals surface area contributed by atoms with E-state index in [1.165, 1.54) is 36.4 Å². The molecule has 8 rings (SSSR count). The molecule has 0 bridgehead atoms. The second kappa shape index (κ2) is 13.9. The Kier molecular flexibility index (Phi) is 9.43. The van der Waals surface area contributed by atoms with Crippen molar-refractivity contribution in [3.05, 3.63) is 212 Å². The summed E-state index contributed by atoms with van der Waals surface area (Å²) < 4.78 is 30.3. The van der Waals surface area contributed by atoms with Gasteiger partial charge in [0.1, 0.15) is 31.2 Å². The maximum Gasteiger partial charge on any atom is 0.123 e. The predicted octanol–water partition coefficient (Wildman–Crippen LogP) is 10.2. The van der Waals surface area contributed by atoms with Crippen LogP contribution in [-0.4, -0.2) is 18.3 Å². The fourth-order valence-corrected chi connectivity index (χ4v) is 13.9. The summed E-state index contributed by atoms with van der Waals surface area (Å²) in [4.78, 5) is 0. The Morgan fingerprint density at radius 3 is 1.26 bits per heavy atom. The fourth-order valence-electron chi connectivity index (χ4n) is 8.19. The maximum atomic E-state index is 15.1. The van der Waals surface area contributed by atoms with Gasteiger partial charge in [0.15, 0.2) is 0 Å². The minimum atomic E-state index is -3.12. The second-order valence-electron chi connectivity index (χ2n) is 13.1. The molecule has 50 heavy (non-hydrogen) atoms. The summed E-state index contributed by atoms with van der Waals surface area (Å²) in [5, 5.41) is 25.1. The van der Waals surface area contributed by atoms with Crippen LogP contribution in [0, 0.1) is 11.6 Å². The third-order valence-corrected chi connectivity index (χ3v) is 15.4. The molecule has 0 spiro atoms. The van der Waals surface area contributed by atoms with Crippen molar-refractivity contribution < 1.29 is 45.2 Å². The number of halogens is 2. The largest absolute Gasteiger partial charge is 0.508 e. The van der Waals surface area contributed by atoms with Crippen molar-refractivity contribution in [2.24, 2.45) is 0 Å². The number of hydrogen-bond acceptors (Lipinski definition) is 2. The van der Waals surface area contributed by atoms with Gasteiger partial charge in [-0.1, -0.05) is 143 Å². The Hall–Kier alpha value is -4.64. The summed E-state index contributed by atoms with van der Waals surface area (Å²) in [6.07, 6.45) is 4.55. The van der Waals surface area contributed by atoms with Gasteiger partial charge in [-0.05, 0) is 70.7 Å². The molecule has 0 aliphatic heterocycles. The van der Waals surface area contributed by atoms with E-state index in [1.807, 2.05) is 36.4 Å². The van der Waals surface area contributed by atoms with E-state index < -0.39 is 31.5 Å². The van der Waals surface area contributed by atoms with Gasteiger partial charge in [0.05, 0.1) is 0 Å². The van der Waals surface area contributed by atoms with Crippen LogP contribution in [0.15, 0.2) is 156 Å². The van der Waals surface area contributed by atoms with Crippen molar-refractivity contribution in [2.75, 3.05) is 0 Å². The van der Waals surface area contributed by atoms with Gasteiger partial charge in [-0.2, -0.15) is 0 Å². The van der Waals surface area contributed by atoms with Crippen LogP contribution in [0.1, 0.15) is 56.3 Å². The fraction of sp³-hybridized carbons (Fsp3) is 0.0909. The molecule has 2 atom stereocenters. The van der Waals surface area contributed by atoms with E-state index >= 15 is 8.78 Å². The molecule has 6 aromatic carbocycles. The summed E-state index contributed by atoms with van der Waals surface area (Å²) in [7, 11) is -3.12. The Balaban J connectivity index is 0.00000392. The van der Waals surface area contributed by atoms with Crippen molar-refractivity contribution in [3.63, 3.8) is 0 Å². The summed E-state index contributed by atoms with van der Waals surface area (Å²) in [5.74, 6) is -1.58. The van der Waals surface area contributed by atoms with Crippen LogP contribution >= 0.6 is 0 Å². The molecule has 2 aliphatic carbocycles. The van der Waals surface area contributed by atoms with Crippen LogP contribution in [-0.2, 0) is 38.3 Å². The Morgan fingerprint density at radius 2 is 0.840 bits per heavy atom. The zero-order valence-corrected chi connectivity index (χ0v) is 30.7. The summed E-state index contributed by atoms with van der Waals surface area (Å²) in [6.45, 7) is 0. The third kappa shape index (κ3) is 6.05. The minimum Gasteiger partial charge on any atom is -0.508 e. The number of hydrogen-bond donors (Lipinski definition) is 2. The average Bonchev–Trinajstić information content (AvgIpc) is 3.71. The van der Waals surface area contributed by atoms with Crippen LogP contribution in [0.4, 0.5) is 8.78 Å². The SMILES string of the molecule is Oc1ccc(F)cc1C1C([Si](Cc2ccccc2)(Cc2ccccc2)C2=Cc3ccccc3C2c2cc(F)ccc2O)=Cc2ccccc21.[Zr]. The van der Waals surface area contributed by atoms with E-state index in [2.05, 4.69) is 84.9 Å². The van der Waals surface area contributed by atoms with Crippen molar-refractivity contribution in [2.45, 2.75) is 23.9 Å². The van der Waals surface area contributed by atoms with Crippen LogP contribution in [0.5, 0.6) is 11.5 Å². The molecule has 0 saturated heterocycles. The zero-order valence-electron chi connectivity index (χ0n) is 27.2. The summed E-state index contributed by atoms with van der Waals surface area (Å²) >= 11 is 0. The molecule has 0 heterocycles. The van der Waals surface area contributed by atoms with Gasteiger partial charge in [0, 0.05) is 49.2 Å². The first-order valence-corrected chi connectivity index (χ1v) is 19.0. The van der Waals surface area contributed by atoms with Gasteiger partial charge in [-0.25, -0.2) is 8.78 Å². The van der Waals surface area contributed by atoms with Crippen molar-refractivity contribution in [1.82, 2.24) is 0 Å². The van der Waals surface area contributed by atoms with Crippen molar-refractivity contribution in [3.8, 4) is 11.5 Å². The molecule has 2 N–H and O–H groups in total. The number of rotatable bonds is 8. The topological polar surface area (TPSA) is 40.5 Å². The van der Waals surface area contributed by atoms with Crippen molar-refractivity contribution in [1.29, 1.82) is 0 Å². The van der Waals surface area contributed by atoms with E-state index in [-0.39, 0.29) is 37.7 Å². The number of benzene rings is 6. The van der Waals surface area contributed by atoms with Gasteiger partial charge >= 0.3 is 0 Å². The smallest absolute Gasteiger partial charge is 0.123 e. The molecule has 0 amide bonds. The van der Waals surface area contributed by atoms with Crippen LogP contribution in [0.2, 0.25) is 0 Å². The molecular formula is C44H34F2O2SiZr. The van der Waals surface area contributed by atoms with Gasteiger partial charge in [0.2, 0.25) is 0 Å². The van der Waals surface area contributed by atoms with Crippen LogP contribution < -0.4 is 0 Å². The summed E-state index contributed by atoms with van der Waals surface area (Å²) in [5.41, 5.74) is 7.45. The molecule has 0 radical (unpaired) electrons. The third-order valence-electron chi connectivity index (χ3n) is 10.3. The van der Waals surface area contributed by atoms with E-state index in [0.717, 1.165) is 43.8 Å². The molecule has 0 fully saturated rings. The Morgan fingerprint density at radius 1 is 0.460 bits per heavy atom. The first-order valence-electron chi connectivity index (χ1n) is 16.6. The standard InChI is InChI=1S/C44H34F2O2Si.Zr/c45-33-19-21-39(47)37(25-33)43-35-17-9-7-15-31(35)23-41(43)49(27-29-11-3-1-4-12-29,28-30-13-5-2-6-14-30)42-24-32-16-8-10-18-36(32)44(42)38-26-34(46)20-22-40(38)48;/h1-26,43-44,47-48H,27-28H2;. The van der Waals surface area contributed by atoms with E-state index in [4.69, 9.17) is 0 Å². The van der Waals surface area contributed by atoms with Gasteiger partial charge in [0.25, 0.3) is 0 Å². The zero-order chi connectivity index (χ0) is 33.5. The number of fused-ring (bicyclic) bond motifs is 2.